The van der Waals surface area contributed by atoms with Crippen LogP contribution in [0.3, 0.4) is 0 Å². The highest BCUT2D eigenvalue weighted by Gasteiger charge is 2.74. The molecule has 3 aliphatic heterocycles. The molecule has 2 spiro atoms. The smallest absolute Gasteiger partial charge is 0.174 e. The number of hydrogen-bond acceptors (Lipinski definition) is 4. The Morgan fingerprint density at radius 2 is 2.13 bits per heavy atom. The second kappa shape index (κ2) is 3.75. The number of ketones is 1. The summed E-state index contributed by atoms with van der Waals surface area (Å²) in [4.78, 5) is 15.5. The van der Waals surface area contributed by atoms with E-state index >= 15 is 0 Å². The molecule has 4 bridgehead atoms. The summed E-state index contributed by atoms with van der Waals surface area (Å²) in [6.07, 6.45) is 4.85. The minimum atomic E-state index is -0.274. The van der Waals surface area contributed by atoms with Gasteiger partial charge in [0, 0.05) is 23.4 Å². The lowest BCUT2D eigenvalue weighted by Crippen LogP contribution is -2.68. The SMILES string of the molecule is COc1ccc2c3c1O[C@H]1C(=O)CC[C@]45CCN(CC[C@]314)[C@@H]5C2. The lowest BCUT2D eigenvalue weighted by Gasteiger charge is -2.61. The first-order chi connectivity index (χ1) is 11.2. The average molecular weight is 311 g/mol. The monoisotopic (exact) mass is 311 g/mol. The zero-order valence-electron chi connectivity index (χ0n) is 13.4. The molecule has 5 atom stereocenters. The first-order valence-electron chi connectivity index (χ1n) is 8.85. The summed E-state index contributed by atoms with van der Waals surface area (Å²) in [7, 11) is 1.70. The van der Waals surface area contributed by atoms with Crippen LogP contribution in [-0.2, 0) is 16.6 Å². The molecule has 0 N–H and O–H groups in total. The van der Waals surface area contributed by atoms with Gasteiger partial charge in [-0.3, -0.25) is 9.69 Å². The van der Waals surface area contributed by atoms with Crippen molar-refractivity contribution in [2.75, 3.05) is 20.2 Å². The molecule has 0 aromatic heterocycles. The van der Waals surface area contributed by atoms with Crippen molar-refractivity contribution in [3.8, 4) is 11.5 Å². The Kier molecular flexibility index (Phi) is 2.09. The number of benzene rings is 1. The van der Waals surface area contributed by atoms with E-state index in [2.05, 4.69) is 11.0 Å². The number of carbonyl (C=O) groups excluding carboxylic acids is 1. The summed E-state index contributed by atoms with van der Waals surface area (Å²) in [6.45, 7) is 2.30. The molecule has 1 saturated carbocycles. The standard InChI is InChI=1S/C19H21NO3/c1-22-13-3-2-11-10-14-18-5-4-12(21)17-19(18,15(11)16(13)23-17)7-9-20(14)8-6-18/h2-3,14,17H,4-10H2,1H3/t14-,17+,18-,19+/m1/s1. The lowest BCUT2D eigenvalue weighted by molar-refractivity contribution is -0.145. The van der Waals surface area contributed by atoms with Gasteiger partial charge in [-0.25, -0.2) is 0 Å². The summed E-state index contributed by atoms with van der Waals surface area (Å²) in [6, 6.07) is 4.84. The van der Waals surface area contributed by atoms with Crippen molar-refractivity contribution in [2.24, 2.45) is 5.41 Å². The predicted octanol–water partition coefficient (Wildman–Crippen LogP) is 2.08. The van der Waals surface area contributed by atoms with Crippen LogP contribution in [0.4, 0.5) is 0 Å². The predicted molar refractivity (Wildman–Crippen MR) is 84.1 cm³/mol. The van der Waals surface area contributed by atoms with Crippen molar-refractivity contribution in [3.63, 3.8) is 0 Å². The fraction of sp³-hybridized carbons (Fsp3) is 0.632. The minimum absolute atomic E-state index is 0.0859. The maximum Gasteiger partial charge on any atom is 0.174 e. The molecule has 120 valence electrons. The Balaban J connectivity index is 1.72. The van der Waals surface area contributed by atoms with Crippen molar-refractivity contribution < 1.29 is 14.3 Å². The number of methoxy groups -OCH3 is 1. The number of rotatable bonds is 1. The second-order valence-electron chi connectivity index (χ2n) is 7.98. The van der Waals surface area contributed by atoms with Crippen LogP contribution in [0.15, 0.2) is 12.1 Å². The molecule has 1 aromatic rings. The first kappa shape index (κ1) is 12.8. The van der Waals surface area contributed by atoms with Gasteiger partial charge in [0.25, 0.3) is 0 Å². The van der Waals surface area contributed by atoms with E-state index in [-0.39, 0.29) is 16.9 Å². The molecule has 2 saturated heterocycles. The molecule has 1 aromatic carbocycles. The van der Waals surface area contributed by atoms with Crippen molar-refractivity contribution in [3.05, 3.63) is 23.3 Å². The molecule has 23 heavy (non-hydrogen) atoms. The van der Waals surface area contributed by atoms with Gasteiger partial charge in [-0.1, -0.05) is 6.07 Å². The van der Waals surface area contributed by atoms with Gasteiger partial charge in [-0.05, 0) is 50.4 Å². The van der Waals surface area contributed by atoms with E-state index in [0.29, 0.717) is 18.2 Å². The summed E-state index contributed by atoms with van der Waals surface area (Å²) in [5, 5.41) is 0. The third kappa shape index (κ3) is 1.13. The van der Waals surface area contributed by atoms with Gasteiger partial charge >= 0.3 is 0 Å². The first-order valence-corrected chi connectivity index (χ1v) is 8.85. The normalized spacial score (nSPS) is 44.7. The number of carbonyl (C=O) groups is 1. The summed E-state index contributed by atoms with van der Waals surface area (Å²) in [5.74, 6) is 1.98. The fourth-order valence-corrected chi connectivity index (χ4v) is 6.89. The highest BCUT2D eigenvalue weighted by atomic mass is 16.5. The van der Waals surface area contributed by atoms with Crippen molar-refractivity contribution in [1.29, 1.82) is 0 Å². The van der Waals surface area contributed by atoms with E-state index < -0.39 is 0 Å². The molecule has 3 heterocycles. The Morgan fingerprint density at radius 1 is 1.26 bits per heavy atom. The maximum atomic E-state index is 12.8. The Morgan fingerprint density at radius 3 is 3.00 bits per heavy atom. The number of piperidine rings is 1. The quantitative estimate of drug-likeness (QED) is 0.796. The van der Waals surface area contributed by atoms with Crippen LogP contribution in [0.25, 0.3) is 0 Å². The molecule has 3 fully saturated rings. The van der Waals surface area contributed by atoms with Crippen LogP contribution < -0.4 is 9.47 Å². The Hall–Kier alpha value is -1.55. The number of nitrogens with zero attached hydrogens (tertiary/aromatic N) is 1. The molecule has 2 aliphatic carbocycles. The summed E-state index contributed by atoms with van der Waals surface area (Å²) in [5.41, 5.74) is 2.89. The zero-order chi connectivity index (χ0) is 15.4. The molecule has 6 rings (SSSR count). The third-order valence-corrected chi connectivity index (χ3v) is 7.69. The second-order valence-corrected chi connectivity index (χ2v) is 7.98. The lowest BCUT2D eigenvalue weighted by atomic mass is 9.44. The van der Waals surface area contributed by atoms with E-state index in [1.807, 2.05) is 6.07 Å². The Bertz CT molecular complexity index is 759. The Labute approximate surface area is 135 Å². The molecule has 4 nitrogen and oxygen atoms in total. The van der Waals surface area contributed by atoms with Crippen LogP contribution in [0.2, 0.25) is 0 Å². The highest BCUT2D eigenvalue weighted by Crippen LogP contribution is 2.71. The number of hydrogen-bond donors (Lipinski definition) is 0. The van der Waals surface area contributed by atoms with Gasteiger partial charge < -0.3 is 9.47 Å². The van der Waals surface area contributed by atoms with Crippen molar-refractivity contribution in [2.45, 2.75) is 49.7 Å². The molecule has 4 heteroatoms. The van der Waals surface area contributed by atoms with E-state index in [1.54, 1.807) is 7.11 Å². The van der Waals surface area contributed by atoms with E-state index in [1.165, 1.54) is 24.1 Å². The average Bonchev–Trinajstić information content (AvgIpc) is 3.02. The van der Waals surface area contributed by atoms with Crippen molar-refractivity contribution in [1.82, 2.24) is 4.90 Å². The van der Waals surface area contributed by atoms with Crippen LogP contribution in [0, 0.1) is 5.41 Å². The molecule has 1 unspecified atom stereocenters. The highest BCUT2D eigenvalue weighted by molar-refractivity contribution is 5.89. The maximum absolute atomic E-state index is 12.8. The third-order valence-electron chi connectivity index (χ3n) is 7.69. The van der Waals surface area contributed by atoms with Gasteiger partial charge in [-0.2, -0.15) is 0 Å². The van der Waals surface area contributed by atoms with Crippen LogP contribution in [-0.4, -0.2) is 43.0 Å². The molecule has 5 aliphatic rings. The van der Waals surface area contributed by atoms with E-state index in [0.717, 1.165) is 37.3 Å². The van der Waals surface area contributed by atoms with Gasteiger partial charge in [0.15, 0.2) is 23.4 Å². The molecular weight excluding hydrogens is 290 g/mol. The van der Waals surface area contributed by atoms with Gasteiger partial charge in [0.05, 0.1) is 12.5 Å². The van der Waals surface area contributed by atoms with Gasteiger partial charge in [0.1, 0.15) is 0 Å². The zero-order valence-corrected chi connectivity index (χ0v) is 13.4. The summed E-state index contributed by atoms with van der Waals surface area (Å²) < 4.78 is 11.9. The van der Waals surface area contributed by atoms with Crippen LogP contribution >= 0.6 is 0 Å². The summed E-state index contributed by atoms with van der Waals surface area (Å²) >= 11 is 0. The molecule has 0 radical (unpaired) electrons. The molecular formula is C19H21NO3. The number of ether oxygens (including phenoxy) is 2. The van der Waals surface area contributed by atoms with Crippen LogP contribution in [0.5, 0.6) is 11.5 Å². The van der Waals surface area contributed by atoms with Crippen LogP contribution in [0.1, 0.15) is 36.8 Å². The van der Waals surface area contributed by atoms with E-state index in [9.17, 15) is 4.79 Å². The van der Waals surface area contributed by atoms with Gasteiger partial charge in [-0.15, -0.1) is 0 Å². The minimum Gasteiger partial charge on any atom is -0.493 e. The van der Waals surface area contributed by atoms with Gasteiger partial charge in [0.2, 0.25) is 0 Å². The number of Topliss-reactive ketones (excluding diaryl/α,β-unsaturated/α-hetero) is 1. The molecule has 0 amide bonds. The van der Waals surface area contributed by atoms with Crippen molar-refractivity contribution >= 4 is 5.78 Å². The largest absolute Gasteiger partial charge is 0.493 e. The van der Waals surface area contributed by atoms with E-state index in [4.69, 9.17) is 9.47 Å². The topological polar surface area (TPSA) is 38.8 Å². The fourth-order valence-electron chi connectivity index (χ4n) is 6.89.